The first-order valence-electron chi connectivity index (χ1n) is 18.8. The molecule has 0 radical (unpaired) electrons. The van der Waals surface area contributed by atoms with Gasteiger partial charge in [-0.15, -0.1) is 0 Å². The summed E-state index contributed by atoms with van der Waals surface area (Å²) in [4.78, 5) is 15.7. The topological polar surface area (TPSA) is 38.7 Å². The Bertz CT molecular complexity index is 2410. The van der Waals surface area contributed by atoms with Gasteiger partial charge < -0.3 is 0 Å². The van der Waals surface area contributed by atoms with Crippen molar-refractivity contribution < 1.29 is 0 Å². The van der Waals surface area contributed by atoms with E-state index in [2.05, 4.69) is 133 Å². The van der Waals surface area contributed by atoms with Crippen molar-refractivity contribution in [2.75, 3.05) is 0 Å². The second-order valence-corrected chi connectivity index (χ2v) is 15.9. The molecule has 1 unspecified atom stereocenters. The van der Waals surface area contributed by atoms with E-state index in [1.54, 1.807) is 0 Å². The summed E-state index contributed by atoms with van der Waals surface area (Å²) in [7, 11) is 0. The average molecular weight is 658 g/mol. The third kappa shape index (κ3) is 4.74. The first kappa shape index (κ1) is 29.3. The molecule has 4 fully saturated rings. The van der Waals surface area contributed by atoms with Crippen LogP contribution in [0.4, 0.5) is 0 Å². The molecule has 7 aromatic rings. The standard InChI is InChI=1S/C48H39N3/c1-3-10-33(11-4-1)34-18-20-36(21-19-34)46-49-45(35-12-5-2-6-13-35)50-47(51-46)40-17-9-16-39-43(40)41-25-37-14-7-8-15-38(37)26-42(41)44(39)48-27-30-22-31(28-48)24-32(23-30)29-48/h1-21,25-26,30-32,44H,22-24,27-29H2. The number of hydrogen-bond donors (Lipinski definition) is 0. The quantitative estimate of drug-likeness (QED) is 0.185. The van der Waals surface area contributed by atoms with Gasteiger partial charge in [-0.1, -0.05) is 127 Å². The van der Waals surface area contributed by atoms with E-state index in [1.807, 2.05) is 6.07 Å². The molecule has 12 rings (SSSR count). The molecule has 0 N–H and O–H groups in total. The summed E-state index contributed by atoms with van der Waals surface area (Å²) in [6.45, 7) is 0. The first-order chi connectivity index (χ1) is 25.2. The van der Waals surface area contributed by atoms with Gasteiger partial charge in [0.25, 0.3) is 0 Å². The molecule has 1 heterocycles. The number of aromatic nitrogens is 3. The molecule has 6 aromatic carbocycles. The minimum Gasteiger partial charge on any atom is -0.208 e. The van der Waals surface area contributed by atoms with Crippen LogP contribution < -0.4 is 0 Å². The van der Waals surface area contributed by atoms with Crippen molar-refractivity contribution in [3.05, 3.63) is 151 Å². The second-order valence-electron chi connectivity index (χ2n) is 15.9. The Morgan fingerprint density at radius 2 is 0.922 bits per heavy atom. The van der Waals surface area contributed by atoms with Crippen LogP contribution in [0.5, 0.6) is 0 Å². The van der Waals surface area contributed by atoms with Crippen LogP contribution in [0.25, 0.3) is 67.2 Å². The Kier molecular flexibility index (Phi) is 6.50. The van der Waals surface area contributed by atoms with E-state index >= 15 is 0 Å². The monoisotopic (exact) mass is 657 g/mol. The zero-order valence-corrected chi connectivity index (χ0v) is 28.7. The summed E-state index contributed by atoms with van der Waals surface area (Å²) < 4.78 is 0. The largest absolute Gasteiger partial charge is 0.208 e. The van der Waals surface area contributed by atoms with Gasteiger partial charge in [0.15, 0.2) is 17.5 Å². The van der Waals surface area contributed by atoms with Crippen LogP contribution in [0, 0.1) is 23.2 Å². The van der Waals surface area contributed by atoms with E-state index < -0.39 is 0 Å². The lowest BCUT2D eigenvalue weighted by Gasteiger charge is -2.59. The number of benzene rings is 6. The van der Waals surface area contributed by atoms with Crippen molar-refractivity contribution in [2.24, 2.45) is 23.2 Å². The van der Waals surface area contributed by atoms with Gasteiger partial charge in [-0.05, 0) is 118 Å². The summed E-state index contributed by atoms with van der Waals surface area (Å²) in [6, 6.07) is 50.4. The molecule has 246 valence electrons. The molecule has 51 heavy (non-hydrogen) atoms. The fourth-order valence-electron chi connectivity index (χ4n) is 11.2. The molecule has 4 saturated carbocycles. The third-order valence-corrected chi connectivity index (χ3v) is 12.8. The molecule has 1 atom stereocenters. The molecular formula is C48H39N3. The highest BCUT2D eigenvalue weighted by molar-refractivity contribution is 5.97. The number of rotatable bonds is 5. The minimum absolute atomic E-state index is 0.329. The molecule has 0 amide bonds. The van der Waals surface area contributed by atoms with Gasteiger partial charge in [0, 0.05) is 22.6 Å². The van der Waals surface area contributed by atoms with E-state index in [0.29, 0.717) is 23.0 Å². The molecule has 0 aliphatic heterocycles. The average Bonchev–Trinajstić information content (AvgIpc) is 3.51. The van der Waals surface area contributed by atoms with Crippen molar-refractivity contribution in [1.82, 2.24) is 15.0 Å². The second kappa shape index (κ2) is 11.3. The van der Waals surface area contributed by atoms with Crippen LogP contribution in [0.15, 0.2) is 140 Å². The SMILES string of the molecule is c1ccc(-c2ccc(-c3nc(-c4ccccc4)nc(-c4cccc5c4-c4cc6ccccc6cc4C5C45CC6CC(CC(C6)C4)C5)n3)cc2)cc1. The van der Waals surface area contributed by atoms with Gasteiger partial charge in [-0.25, -0.2) is 15.0 Å². The zero-order chi connectivity index (χ0) is 33.5. The van der Waals surface area contributed by atoms with E-state index in [9.17, 15) is 0 Å². The molecule has 3 nitrogen and oxygen atoms in total. The molecule has 5 aliphatic carbocycles. The Labute approximate surface area is 299 Å². The highest BCUT2D eigenvalue weighted by atomic mass is 15.0. The van der Waals surface area contributed by atoms with Crippen molar-refractivity contribution in [2.45, 2.75) is 44.4 Å². The smallest absolute Gasteiger partial charge is 0.164 e. The Morgan fingerprint density at radius 1 is 0.412 bits per heavy atom. The van der Waals surface area contributed by atoms with Gasteiger partial charge >= 0.3 is 0 Å². The summed E-state index contributed by atoms with van der Waals surface area (Å²) in [5, 5.41) is 2.64. The van der Waals surface area contributed by atoms with Crippen LogP contribution in [-0.2, 0) is 0 Å². The molecule has 0 saturated heterocycles. The molecule has 0 spiro atoms. The van der Waals surface area contributed by atoms with Gasteiger partial charge in [0.05, 0.1) is 0 Å². The third-order valence-electron chi connectivity index (χ3n) is 12.8. The first-order valence-corrected chi connectivity index (χ1v) is 18.8. The van der Waals surface area contributed by atoms with Crippen LogP contribution in [-0.4, -0.2) is 15.0 Å². The molecule has 1 aromatic heterocycles. The fourth-order valence-corrected chi connectivity index (χ4v) is 11.2. The van der Waals surface area contributed by atoms with Gasteiger partial charge in [0.1, 0.15) is 0 Å². The molecule has 3 heteroatoms. The minimum atomic E-state index is 0.329. The summed E-state index contributed by atoms with van der Waals surface area (Å²) >= 11 is 0. The summed E-state index contributed by atoms with van der Waals surface area (Å²) in [5.74, 6) is 5.22. The summed E-state index contributed by atoms with van der Waals surface area (Å²) in [6.07, 6.45) is 8.45. The van der Waals surface area contributed by atoms with Crippen molar-refractivity contribution >= 4 is 10.8 Å². The van der Waals surface area contributed by atoms with E-state index in [1.165, 1.54) is 82.7 Å². The normalized spacial score (nSPS) is 24.1. The van der Waals surface area contributed by atoms with Crippen molar-refractivity contribution in [3.63, 3.8) is 0 Å². The Hall–Kier alpha value is -5.41. The van der Waals surface area contributed by atoms with Crippen LogP contribution in [0.1, 0.15) is 55.6 Å². The zero-order valence-electron chi connectivity index (χ0n) is 28.7. The van der Waals surface area contributed by atoms with E-state index in [-0.39, 0.29) is 0 Å². The van der Waals surface area contributed by atoms with Crippen LogP contribution in [0.3, 0.4) is 0 Å². The maximum atomic E-state index is 5.31. The lowest BCUT2D eigenvalue weighted by Crippen LogP contribution is -2.48. The predicted octanol–water partition coefficient (Wildman–Crippen LogP) is 12.0. The van der Waals surface area contributed by atoms with Crippen molar-refractivity contribution in [3.8, 4) is 56.4 Å². The highest BCUT2D eigenvalue weighted by Crippen LogP contribution is 2.69. The number of fused-ring (bicyclic) bond motifs is 4. The van der Waals surface area contributed by atoms with Gasteiger partial charge in [0.2, 0.25) is 0 Å². The van der Waals surface area contributed by atoms with E-state index in [4.69, 9.17) is 15.0 Å². The maximum Gasteiger partial charge on any atom is 0.164 e. The number of hydrogen-bond acceptors (Lipinski definition) is 3. The highest BCUT2D eigenvalue weighted by Gasteiger charge is 2.56. The van der Waals surface area contributed by atoms with Crippen LogP contribution in [0.2, 0.25) is 0 Å². The molecule has 4 bridgehead atoms. The van der Waals surface area contributed by atoms with Crippen LogP contribution >= 0.6 is 0 Å². The Morgan fingerprint density at radius 3 is 1.57 bits per heavy atom. The predicted molar refractivity (Wildman–Crippen MR) is 207 cm³/mol. The van der Waals surface area contributed by atoms with Crippen molar-refractivity contribution in [1.29, 1.82) is 0 Å². The van der Waals surface area contributed by atoms with Gasteiger partial charge in [-0.3, -0.25) is 0 Å². The molecular weight excluding hydrogens is 619 g/mol. The molecule has 5 aliphatic rings. The lowest BCUT2D eigenvalue weighted by atomic mass is 9.45. The Balaban J connectivity index is 1.11. The maximum absolute atomic E-state index is 5.31. The lowest BCUT2D eigenvalue weighted by molar-refractivity contribution is -0.0612. The summed E-state index contributed by atoms with van der Waals surface area (Å²) in [5.41, 5.74) is 11.5. The fraction of sp³-hybridized carbons (Fsp3) is 0.229. The van der Waals surface area contributed by atoms with Gasteiger partial charge in [-0.2, -0.15) is 0 Å². The van der Waals surface area contributed by atoms with E-state index in [0.717, 1.165) is 40.3 Å². The number of nitrogens with zero attached hydrogens (tertiary/aromatic N) is 3.